The number of nitrogens with zero attached hydrogens (tertiary/aromatic N) is 2. The molecule has 0 unspecified atom stereocenters. The second-order valence-corrected chi connectivity index (χ2v) is 5.38. The van der Waals surface area contributed by atoms with Crippen LogP contribution < -0.4 is 10.2 Å². The molecule has 0 fully saturated rings. The number of pyridine rings is 1. The second kappa shape index (κ2) is 7.14. The van der Waals surface area contributed by atoms with E-state index < -0.39 is 0 Å². The third-order valence-electron chi connectivity index (χ3n) is 3.46. The number of amides is 1. The number of hydrogen-bond donors (Lipinski definition) is 1. The van der Waals surface area contributed by atoms with Gasteiger partial charge >= 0.3 is 0 Å². The van der Waals surface area contributed by atoms with Gasteiger partial charge in [-0.15, -0.1) is 0 Å². The number of hydroxylamine groups is 1. The number of fused-ring (bicyclic) bond motifs is 1. The van der Waals surface area contributed by atoms with E-state index in [1.807, 2.05) is 35.9 Å². The fourth-order valence-corrected chi connectivity index (χ4v) is 2.28. The van der Waals surface area contributed by atoms with Gasteiger partial charge in [0.25, 0.3) is 5.91 Å². The Morgan fingerprint density at radius 3 is 2.71 bits per heavy atom. The molecule has 124 valence electrons. The molecule has 1 aromatic carbocycles. The summed E-state index contributed by atoms with van der Waals surface area (Å²) in [5, 5.41) is 0. The maximum atomic E-state index is 11.7. The van der Waals surface area contributed by atoms with Crippen molar-refractivity contribution in [3.63, 3.8) is 0 Å². The molecule has 6 heteroatoms. The third-order valence-corrected chi connectivity index (χ3v) is 3.46. The summed E-state index contributed by atoms with van der Waals surface area (Å²) in [6.45, 7) is 4.63. The molecule has 0 saturated heterocycles. The molecule has 0 radical (unpaired) electrons. The van der Waals surface area contributed by atoms with Gasteiger partial charge in [0.05, 0.1) is 12.3 Å². The normalized spacial score (nSPS) is 10.8. The minimum atomic E-state index is -0.279. The summed E-state index contributed by atoms with van der Waals surface area (Å²) in [6, 6.07) is 10.9. The Bertz CT molecular complexity index is 840. The van der Waals surface area contributed by atoms with E-state index in [-0.39, 0.29) is 5.91 Å². The molecule has 0 aliphatic heterocycles. The van der Waals surface area contributed by atoms with Crippen molar-refractivity contribution in [1.82, 2.24) is 14.9 Å². The van der Waals surface area contributed by atoms with E-state index in [4.69, 9.17) is 9.57 Å². The van der Waals surface area contributed by atoms with Crippen LogP contribution in [0.2, 0.25) is 0 Å². The van der Waals surface area contributed by atoms with Crippen LogP contribution in [0.5, 0.6) is 5.75 Å². The maximum absolute atomic E-state index is 11.7. The van der Waals surface area contributed by atoms with Crippen molar-refractivity contribution in [2.24, 2.45) is 0 Å². The highest BCUT2D eigenvalue weighted by Gasteiger charge is 2.06. The first-order chi connectivity index (χ1) is 11.7. The van der Waals surface area contributed by atoms with Crippen LogP contribution in [-0.4, -0.2) is 21.9 Å². The van der Waals surface area contributed by atoms with Crippen LogP contribution in [0.3, 0.4) is 0 Å². The highest BCUT2D eigenvalue weighted by Crippen LogP contribution is 2.15. The van der Waals surface area contributed by atoms with E-state index in [1.54, 1.807) is 31.2 Å². The van der Waals surface area contributed by atoms with Gasteiger partial charge in [0.15, 0.2) is 0 Å². The minimum Gasteiger partial charge on any atom is -0.487 e. The number of aromatic nitrogens is 2. The van der Waals surface area contributed by atoms with E-state index in [9.17, 15) is 4.79 Å². The molecule has 0 atom stereocenters. The lowest BCUT2D eigenvalue weighted by Gasteiger charge is -2.06. The van der Waals surface area contributed by atoms with Crippen molar-refractivity contribution < 1.29 is 14.4 Å². The summed E-state index contributed by atoms with van der Waals surface area (Å²) in [5.74, 6) is 0.398. The molecular formula is C18H19N3O3. The fourth-order valence-electron chi connectivity index (χ4n) is 2.28. The average molecular weight is 325 g/mol. The summed E-state index contributed by atoms with van der Waals surface area (Å²) in [6.07, 6.45) is 3.98. The van der Waals surface area contributed by atoms with Gasteiger partial charge in [-0.2, -0.15) is 0 Å². The van der Waals surface area contributed by atoms with Gasteiger partial charge in [-0.3, -0.25) is 9.63 Å². The largest absolute Gasteiger partial charge is 0.487 e. The fraction of sp³-hybridized carbons (Fsp3) is 0.222. The van der Waals surface area contributed by atoms with Crippen molar-refractivity contribution in [3.05, 3.63) is 65.6 Å². The Morgan fingerprint density at radius 1 is 1.17 bits per heavy atom. The Balaban J connectivity index is 1.62. The molecule has 2 heterocycles. The van der Waals surface area contributed by atoms with Gasteiger partial charge in [0.2, 0.25) is 0 Å². The second-order valence-electron chi connectivity index (χ2n) is 5.38. The standard InChI is InChI=1S/C18H19N3O3/c1-3-24-20-18(22)14-5-7-16(8-6-14)23-12-15-11-21-10-13(2)4-9-17(21)19-15/h4-11H,3,12H2,1-2H3,(H,20,22). The lowest BCUT2D eigenvalue weighted by atomic mass is 10.2. The van der Waals surface area contributed by atoms with Crippen molar-refractivity contribution in [2.75, 3.05) is 6.61 Å². The third kappa shape index (κ3) is 3.72. The van der Waals surface area contributed by atoms with Gasteiger partial charge in [-0.1, -0.05) is 6.07 Å². The summed E-state index contributed by atoms with van der Waals surface area (Å²) in [7, 11) is 0. The minimum absolute atomic E-state index is 0.279. The molecule has 0 spiro atoms. The predicted molar refractivity (Wildman–Crippen MR) is 89.8 cm³/mol. The number of rotatable bonds is 6. The van der Waals surface area contributed by atoms with Crippen LogP contribution in [0.4, 0.5) is 0 Å². The number of aryl methyl sites for hydroxylation is 1. The SMILES string of the molecule is CCONC(=O)c1ccc(OCc2cn3cc(C)ccc3n2)cc1. The molecule has 6 nitrogen and oxygen atoms in total. The molecule has 3 aromatic rings. The zero-order chi connectivity index (χ0) is 16.9. The Morgan fingerprint density at radius 2 is 1.96 bits per heavy atom. The summed E-state index contributed by atoms with van der Waals surface area (Å²) >= 11 is 0. The molecule has 0 bridgehead atoms. The molecule has 0 aliphatic rings. The Labute approximate surface area is 140 Å². The quantitative estimate of drug-likeness (QED) is 0.708. The van der Waals surface area contributed by atoms with Gasteiger partial charge < -0.3 is 9.14 Å². The molecule has 3 rings (SSSR count). The number of imidazole rings is 1. The van der Waals surface area contributed by atoms with Crippen molar-refractivity contribution in [3.8, 4) is 5.75 Å². The lowest BCUT2D eigenvalue weighted by Crippen LogP contribution is -2.23. The van der Waals surface area contributed by atoms with Crippen LogP contribution in [-0.2, 0) is 11.4 Å². The van der Waals surface area contributed by atoms with Gasteiger partial charge in [0.1, 0.15) is 18.0 Å². The molecule has 24 heavy (non-hydrogen) atoms. The van der Waals surface area contributed by atoms with Crippen LogP contribution in [0, 0.1) is 6.92 Å². The van der Waals surface area contributed by atoms with Crippen LogP contribution >= 0.6 is 0 Å². The van der Waals surface area contributed by atoms with E-state index in [2.05, 4.69) is 10.5 Å². The first-order valence-corrected chi connectivity index (χ1v) is 7.75. The molecule has 0 aliphatic carbocycles. The lowest BCUT2D eigenvalue weighted by molar-refractivity contribution is 0.0364. The molecular weight excluding hydrogens is 306 g/mol. The molecule has 1 amide bonds. The van der Waals surface area contributed by atoms with Crippen LogP contribution in [0.1, 0.15) is 28.5 Å². The predicted octanol–water partition coefficient (Wildman–Crippen LogP) is 2.90. The van der Waals surface area contributed by atoms with E-state index >= 15 is 0 Å². The molecule has 1 N–H and O–H groups in total. The summed E-state index contributed by atoms with van der Waals surface area (Å²) in [4.78, 5) is 21.1. The number of nitrogens with one attached hydrogen (secondary N) is 1. The summed E-state index contributed by atoms with van der Waals surface area (Å²) in [5.41, 5.74) is 5.78. The van der Waals surface area contributed by atoms with E-state index in [0.717, 1.165) is 11.3 Å². The van der Waals surface area contributed by atoms with E-state index in [1.165, 1.54) is 5.56 Å². The highest BCUT2D eigenvalue weighted by atomic mass is 16.6. The van der Waals surface area contributed by atoms with Crippen molar-refractivity contribution in [1.29, 1.82) is 0 Å². The van der Waals surface area contributed by atoms with Crippen LogP contribution in [0.15, 0.2) is 48.8 Å². The number of carbonyl (C=O) groups is 1. The van der Waals surface area contributed by atoms with Crippen molar-refractivity contribution >= 4 is 11.6 Å². The number of carbonyl (C=O) groups excluding carboxylic acids is 1. The van der Waals surface area contributed by atoms with Gasteiger partial charge in [-0.25, -0.2) is 10.5 Å². The Hall–Kier alpha value is -2.86. The highest BCUT2D eigenvalue weighted by molar-refractivity contribution is 5.93. The molecule has 0 saturated carbocycles. The smallest absolute Gasteiger partial charge is 0.274 e. The maximum Gasteiger partial charge on any atom is 0.274 e. The summed E-state index contributed by atoms with van der Waals surface area (Å²) < 4.78 is 7.71. The molecule has 2 aromatic heterocycles. The topological polar surface area (TPSA) is 64.9 Å². The zero-order valence-corrected chi connectivity index (χ0v) is 13.7. The van der Waals surface area contributed by atoms with Gasteiger partial charge in [0, 0.05) is 18.0 Å². The first kappa shape index (κ1) is 16.0. The first-order valence-electron chi connectivity index (χ1n) is 7.75. The van der Waals surface area contributed by atoms with Crippen molar-refractivity contribution in [2.45, 2.75) is 20.5 Å². The monoisotopic (exact) mass is 325 g/mol. The van der Waals surface area contributed by atoms with Gasteiger partial charge in [-0.05, 0) is 49.7 Å². The average Bonchev–Trinajstić information content (AvgIpc) is 3.00. The number of benzene rings is 1. The zero-order valence-electron chi connectivity index (χ0n) is 13.7. The number of hydrogen-bond acceptors (Lipinski definition) is 4. The van der Waals surface area contributed by atoms with E-state index in [0.29, 0.717) is 24.5 Å². The number of ether oxygens (including phenoxy) is 1. The van der Waals surface area contributed by atoms with Crippen LogP contribution in [0.25, 0.3) is 5.65 Å². The Kier molecular flexibility index (Phi) is 4.77.